The van der Waals surface area contributed by atoms with Gasteiger partial charge < -0.3 is 4.90 Å². The van der Waals surface area contributed by atoms with Gasteiger partial charge in [0.15, 0.2) is 0 Å². The molecule has 0 heterocycles. The Morgan fingerprint density at radius 1 is 1.40 bits per heavy atom. The van der Waals surface area contributed by atoms with Gasteiger partial charge in [-0.2, -0.15) is 5.26 Å². The van der Waals surface area contributed by atoms with E-state index in [1.807, 2.05) is 6.92 Å². The van der Waals surface area contributed by atoms with Gasteiger partial charge in [-0.1, -0.05) is 26.7 Å². The van der Waals surface area contributed by atoms with Crippen LogP contribution in [-0.2, 0) is 4.79 Å². The molecule has 0 radical (unpaired) electrons. The lowest BCUT2D eigenvalue weighted by Crippen LogP contribution is -2.39. The number of rotatable bonds is 6. The fourth-order valence-corrected chi connectivity index (χ4v) is 1.40. The molecule has 0 aliphatic rings. The molecule has 0 fully saturated rings. The average Bonchev–Trinajstić information content (AvgIpc) is 2.27. The Labute approximate surface area is 93.1 Å². The highest BCUT2D eigenvalue weighted by molar-refractivity contribution is 5.84. The second kappa shape index (κ2) is 6.44. The first-order chi connectivity index (χ1) is 7.01. The number of hydrogen-bond acceptors (Lipinski definition) is 2. The lowest BCUT2D eigenvalue weighted by molar-refractivity contribution is -0.137. The molecular weight excluding hydrogens is 188 g/mol. The lowest BCUT2D eigenvalue weighted by Gasteiger charge is -2.26. The zero-order chi connectivity index (χ0) is 11.9. The minimum absolute atomic E-state index is 0.0522. The molecule has 0 aromatic heterocycles. The molecule has 1 atom stereocenters. The van der Waals surface area contributed by atoms with Crippen molar-refractivity contribution in [2.45, 2.75) is 46.5 Å². The van der Waals surface area contributed by atoms with Crippen LogP contribution >= 0.6 is 0 Å². The monoisotopic (exact) mass is 210 g/mol. The topological polar surface area (TPSA) is 44.1 Å². The third-order valence-corrected chi connectivity index (χ3v) is 2.87. The second-order valence-corrected chi connectivity index (χ2v) is 4.23. The third-order valence-electron chi connectivity index (χ3n) is 2.87. The van der Waals surface area contributed by atoms with Crippen molar-refractivity contribution in [2.24, 2.45) is 5.41 Å². The Kier molecular flexibility index (Phi) is 6.00. The smallest absolute Gasteiger partial charge is 0.242 e. The highest BCUT2D eigenvalue weighted by Crippen LogP contribution is 2.22. The highest BCUT2D eigenvalue weighted by atomic mass is 16.2. The fourth-order valence-electron chi connectivity index (χ4n) is 1.40. The van der Waals surface area contributed by atoms with Gasteiger partial charge in [-0.25, -0.2) is 0 Å². The molecular formula is C12H22N2O. The zero-order valence-electron chi connectivity index (χ0n) is 10.3. The van der Waals surface area contributed by atoms with Crippen LogP contribution in [0.3, 0.4) is 0 Å². The molecule has 0 saturated carbocycles. The van der Waals surface area contributed by atoms with Crippen LogP contribution in [0.1, 0.15) is 46.5 Å². The predicted octanol–water partition coefficient (Wildman–Crippen LogP) is 2.57. The van der Waals surface area contributed by atoms with Crippen LogP contribution in [0.5, 0.6) is 0 Å². The van der Waals surface area contributed by atoms with Crippen LogP contribution in [-0.4, -0.2) is 24.4 Å². The summed E-state index contributed by atoms with van der Waals surface area (Å²) in [6.07, 6.45) is 3.86. The first-order valence-electron chi connectivity index (χ1n) is 5.68. The van der Waals surface area contributed by atoms with E-state index in [-0.39, 0.29) is 5.91 Å². The van der Waals surface area contributed by atoms with Crippen LogP contribution in [0, 0.1) is 16.7 Å². The molecule has 0 N–H and O–H groups in total. The number of nitrogens with zero attached hydrogens (tertiary/aromatic N) is 2. The van der Waals surface area contributed by atoms with E-state index in [4.69, 9.17) is 5.26 Å². The maximum absolute atomic E-state index is 11.9. The molecule has 1 amide bonds. The van der Waals surface area contributed by atoms with Crippen molar-refractivity contribution in [3.63, 3.8) is 0 Å². The van der Waals surface area contributed by atoms with Crippen molar-refractivity contribution in [1.29, 1.82) is 5.26 Å². The number of unbranched alkanes of at least 4 members (excludes halogenated alkanes) is 2. The van der Waals surface area contributed by atoms with Gasteiger partial charge in [0.1, 0.15) is 5.41 Å². The molecule has 0 aliphatic carbocycles. The van der Waals surface area contributed by atoms with Crippen molar-refractivity contribution in [3.8, 4) is 6.07 Å². The summed E-state index contributed by atoms with van der Waals surface area (Å²) < 4.78 is 0. The van der Waals surface area contributed by atoms with Crippen LogP contribution in [0.2, 0.25) is 0 Å². The van der Waals surface area contributed by atoms with Gasteiger partial charge in [0.25, 0.3) is 0 Å². The molecule has 0 aliphatic heterocycles. The predicted molar refractivity (Wildman–Crippen MR) is 61.2 cm³/mol. The van der Waals surface area contributed by atoms with Crippen LogP contribution < -0.4 is 0 Å². The molecule has 1 unspecified atom stereocenters. The minimum atomic E-state index is -0.846. The number of hydrogen-bond donors (Lipinski definition) is 0. The molecule has 0 saturated heterocycles. The van der Waals surface area contributed by atoms with E-state index in [2.05, 4.69) is 13.0 Å². The lowest BCUT2D eigenvalue weighted by atomic mass is 9.88. The van der Waals surface area contributed by atoms with Crippen molar-refractivity contribution >= 4 is 5.91 Å². The summed E-state index contributed by atoms with van der Waals surface area (Å²) in [4.78, 5) is 13.6. The Morgan fingerprint density at radius 2 is 2.00 bits per heavy atom. The molecule has 86 valence electrons. The van der Waals surface area contributed by atoms with Gasteiger partial charge in [0.2, 0.25) is 5.91 Å². The molecule has 3 nitrogen and oxygen atoms in total. The van der Waals surface area contributed by atoms with Crippen molar-refractivity contribution in [2.75, 3.05) is 13.6 Å². The molecule has 0 spiro atoms. The molecule has 15 heavy (non-hydrogen) atoms. The van der Waals surface area contributed by atoms with Gasteiger partial charge in [0, 0.05) is 13.6 Å². The van der Waals surface area contributed by atoms with Crippen LogP contribution in [0.15, 0.2) is 0 Å². The second-order valence-electron chi connectivity index (χ2n) is 4.23. The van der Waals surface area contributed by atoms with Gasteiger partial charge >= 0.3 is 0 Å². The van der Waals surface area contributed by atoms with Crippen LogP contribution in [0.4, 0.5) is 0 Å². The zero-order valence-corrected chi connectivity index (χ0v) is 10.3. The van der Waals surface area contributed by atoms with Gasteiger partial charge in [-0.05, 0) is 19.8 Å². The summed E-state index contributed by atoms with van der Waals surface area (Å²) in [6, 6.07) is 2.11. The summed E-state index contributed by atoms with van der Waals surface area (Å²) in [7, 11) is 1.78. The Balaban J connectivity index is 4.25. The normalized spacial score (nSPS) is 14.1. The van der Waals surface area contributed by atoms with Crippen molar-refractivity contribution in [1.82, 2.24) is 4.90 Å². The van der Waals surface area contributed by atoms with Crippen molar-refractivity contribution < 1.29 is 4.79 Å². The molecule has 0 rings (SSSR count). The summed E-state index contributed by atoms with van der Waals surface area (Å²) in [5, 5.41) is 8.98. The largest absolute Gasteiger partial charge is 0.344 e. The molecule has 0 aromatic rings. The first-order valence-corrected chi connectivity index (χ1v) is 5.68. The fraction of sp³-hybridized carbons (Fsp3) is 0.833. The number of carbonyl (C=O) groups is 1. The SMILES string of the molecule is CCCCCN(C)C(=O)C(C)(C#N)CC. The van der Waals surface area contributed by atoms with E-state index in [1.165, 1.54) is 0 Å². The van der Waals surface area contributed by atoms with E-state index in [1.54, 1.807) is 18.9 Å². The van der Waals surface area contributed by atoms with E-state index in [9.17, 15) is 4.79 Å². The number of carbonyl (C=O) groups excluding carboxylic acids is 1. The highest BCUT2D eigenvalue weighted by Gasteiger charge is 2.33. The van der Waals surface area contributed by atoms with Crippen LogP contribution in [0.25, 0.3) is 0 Å². The van der Waals surface area contributed by atoms with E-state index < -0.39 is 5.41 Å². The summed E-state index contributed by atoms with van der Waals surface area (Å²) in [6.45, 7) is 6.48. The summed E-state index contributed by atoms with van der Waals surface area (Å²) in [5.74, 6) is -0.0522. The first kappa shape index (κ1) is 14.0. The average molecular weight is 210 g/mol. The van der Waals surface area contributed by atoms with Gasteiger partial charge in [-0.3, -0.25) is 4.79 Å². The molecule has 0 bridgehead atoms. The number of amides is 1. The molecule has 0 aromatic carbocycles. The Hall–Kier alpha value is -1.04. The van der Waals surface area contributed by atoms with Crippen molar-refractivity contribution in [3.05, 3.63) is 0 Å². The van der Waals surface area contributed by atoms with E-state index >= 15 is 0 Å². The Bertz CT molecular complexity index is 244. The maximum atomic E-state index is 11.9. The quantitative estimate of drug-likeness (QED) is 0.632. The minimum Gasteiger partial charge on any atom is -0.344 e. The summed E-state index contributed by atoms with van der Waals surface area (Å²) >= 11 is 0. The standard InChI is InChI=1S/C12H22N2O/c1-5-7-8-9-14(4)11(15)12(3,6-2)10-13/h5-9H2,1-4H3. The van der Waals surface area contributed by atoms with Gasteiger partial charge in [-0.15, -0.1) is 0 Å². The Morgan fingerprint density at radius 3 is 2.40 bits per heavy atom. The third kappa shape index (κ3) is 3.91. The van der Waals surface area contributed by atoms with E-state index in [0.717, 1.165) is 25.8 Å². The summed E-state index contributed by atoms with van der Waals surface area (Å²) in [5.41, 5.74) is -0.846. The van der Waals surface area contributed by atoms with E-state index in [0.29, 0.717) is 6.42 Å². The maximum Gasteiger partial charge on any atom is 0.242 e. The molecule has 3 heteroatoms. The number of nitriles is 1. The van der Waals surface area contributed by atoms with Gasteiger partial charge in [0.05, 0.1) is 6.07 Å².